The summed E-state index contributed by atoms with van der Waals surface area (Å²) >= 11 is 0. The molecule has 0 bridgehead atoms. The largest absolute Gasteiger partial charge is 0.449 e. The van der Waals surface area contributed by atoms with Crippen LogP contribution in [-0.4, -0.2) is 70.8 Å². The Morgan fingerprint density at radius 1 is 1.19 bits per heavy atom. The lowest BCUT2D eigenvalue weighted by Crippen LogP contribution is -2.49. The maximum absolute atomic E-state index is 12.6. The number of imide groups is 1. The number of likely N-dealkylation sites (tertiary alicyclic amines) is 1. The zero-order valence-electron chi connectivity index (χ0n) is 17.3. The SMILES string of the molecule is CC(C)COC(=O)NC1CCN(C(=O)CN2C(=O)c3ccc([N+](=O)[O-])cc3C2=O)CC1. The van der Waals surface area contributed by atoms with Gasteiger partial charge < -0.3 is 15.0 Å². The van der Waals surface area contributed by atoms with Crippen LogP contribution in [0.1, 0.15) is 47.4 Å². The Balaban J connectivity index is 1.53. The zero-order valence-corrected chi connectivity index (χ0v) is 17.3. The number of carbonyl (C=O) groups is 4. The van der Waals surface area contributed by atoms with Gasteiger partial charge in [0.25, 0.3) is 17.5 Å². The smallest absolute Gasteiger partial charge is 0.407 e. The molecule has 0 spiro atoms. The van der Waals surface area contributed by atoms with Gasteiger partial charge in [0.15, 0.2) is 0 Å². The number of ether oxygens (including phenoxy) is 1. The Bertz CT molecular complexity index is 922. The molecule has 2 aliphatic rings. The summed E-state index contributed by atoms with van der Waals surface area (Å²) in [5.41, 5.74) is -0.324. The van der Waals surface area contributed by atoms with Gasteiger partial charge in [-0.2, -0.15) is 0 Å². The Morgan fingerprint density at radius 3 is 2.45 bits per heavy atom. The van der Waals surface area contributed by atoms with Gasteiger partial charge in [0, 0.05) is 31.3 Å². The van der Waals surface area contributed by atoms with Crippen LogP contribution in [0.15, 0.2) is 18.2 Å². The fourth-order valence-corrected chi connectivity index (χ4v) is 3.50. The first-order valence-electron chi connectivity index (χ1n) is 10.0. The van der Waals surface area contributed by atoms with Crippen molar-refractivity contribution in [3.05, 3.63) is 39.4 Å². The third-order valence-electron chi connectivity index (χ3n) is 5.18. The molecule has 166 valence electrons. The number of benzene rings is 1. The summed E-state index contributed by atoms with van der Waals surface area (Å²) in [4.78, 5) is 62.0. The molecule has 4 amide bonds. The number of non-ortho nitro benzene ring substituents is 1. The minimum Gasteiger partial charge on any atom is -0.449 e. The maximum Gasteiger partial charge on any atom is 0.407 e. The molecule has 1 aromatic rings. The lowest BCUT2D eigenvalue weighted by molar-refractivity contribution is -0.384. The quantitative estimate of drug-likeness (QED) is 0.409. The van der Waals surface area contributed by atoms with Gasteiger partial charge in [-0.3, -0.25) is 29.4 Å². The number of hydrogen-bond donors (Lipinski definition) is 1. The molecule has 0 unspecified atom stereocenters. The summed E-state index contributed by atoms with van der Waals surface area (Å²) in [6.07, 6.45) is 0.562. The number of carbonyl (C=O) groups excluding carboxylic acids is 4. The molecule has 0 saturated carbocycles. The summed E-state index contributed by atoms with van der Waals surface area (Å²) in [5.74, 6) is -1.53. The molecular weight excluding hydrogens is 408 g/mol. The molecule has 31 heavy (non-hydrogen) atoms. The third kappa shape index (κ3) is 4.98. The average molecular weight is 432 g/mol. The van der Waals surface area contributed by atoms with E-state index in [-0.39, 0.29) is 28.8 Å². The van der Waals surface area contributed by atoms with Gasteiger partial charge in [-0.25, -0.2) is 4.79 Å². The first-order valence-corrected chi connectivity index (χ1v) is 10.0. The van der Waals surface area contributed by atoms with Gasteiger partial charge in [-0.05, 0) is 24.8 Å². The molecule has 11 nitrogen and oxygen atoms in total. The van der Waals surface area contributed by atoms with E-state index in [0.717, 1.165) is 17.0 Å². The van der Waals surface area contributed by atoms with E-state index >= 15 is 0 Å². The van der Waals surface area contributed by atoms with Crippen molar-refractivity contribution in [3.63, 3.8) is 0 Å². The number of nitro groups is 1. The van der Waals surface area contributed by atoms with Crippen LogP contribution in [0.4, 0.5) is 10.5 Å². The highest BCUT2D eigenvalue weighted by Crippen LogP contribution is 2.27. The number of hydrogen-bond acceptors (Lipinski definition) is 7. The topological polar surface area (TPSA) is 139 Å². The van der Waals surface area contributed by atoms with Crippen LogP contribution >= 0.6 is 0 Å². The number of alkyl carbamates (subject to hydrolysis) is 1. The molecule has 1 saturated heterocycles. The van der Waals surface area contributed by atoms with Crippen LogP contribution in [-0.2, 0) is 9.53 Å². The zero-order chi connectivity index (χ0) is 22.7. The van der Waals surface area contributed by atoms with E-state index in [9.17, 15) is 29.3 Å². The highest BCUT2D eigenvalue weighted by Gasteiger charge is 2.39. The van der Waals surface area contributed by atoms with Crippen LogP contribution in [0.3, 0.4) is 0 Å². The number of fused-ring (bicyclic) bond motifs is 1. The predicted molar refractivity (Wildman–Crippen MR) is 107 cm³/mol. The minimum atomic E-state index is -0.721. The maximum atomic E-state index is 12.6. The van der Waals surface area contributed by atoms with Gasteiger partial charge in [0.1, 0.15) is 6.54 Å². The highest BCUT2D eigenvalue weighted by atomic mass is 16.6. The molecule has 0 atom stereocenters. The molecule has 0 aromatic heterocycles. The summed E-state index contributed by atoms with van der Waals surface area (Å²) in [6, 6.07) is 3.31. The van der Waals surface area contributed by atoms with Crippen LogP contribution in [0.2, 0.25) is 0 Å². The summed E-state index contributed by atoms with van der Waals surface area (Å²) in [6.45, 7) is 4.49. The molecule has 0 radical (unpaired) electrons. The second-order valence-corrected chi connectivity index (χ2v) is 7.98. The van der Waals surface area contributed by atoms with Crippen LogP contribution in [0, 0.1) is 16.0 Å². The van der Waals surface area contributed by atoms with E-state index in [1.54, 1.807) is 0 Å². The van der Waals surface area contributed by atoms with Crippen molar-refractivity contribution < 1.29 is 28.8 Å². The summed E-state index contributed by atoms with van der Waals surface area (Å²) in [5, 5.41) is 13.7. The lowest BCUT2D eigenvalue weighted by atomic mass is 10.1. The van der Waals surface area contributed by atoms with Crippen LogP contribution in [0.25, 0.3) is 0 Å². The van der Waals surface area contributed by atoms with E-state index in [4.69, 9.17) is 4.74 Å². The Kier molecular flexibility index (Phi) is 6.52. The Morgan fingerprint density at radius 2 is 1.84 bits per heavy atom. The molecular formula is C20H24N4O7. The molecule has 3 rings (SSSR count). The normalized spacial score (nSPS) is 16.5. The number of rotatable bonds is 6. The van der Waals surface area contributed by atoms with Gasteiger partial charge in [0.2, 0.25) is 5.91 Å². The molecule has 2 aliphatic heterocycles. The molecule has 1 fully saturated rings. The van der Waals surface area contributed by atoms with Gasteiger partial charge >= 0.3 is 6.09 Å². The lowest BCUT2D eigenvalue weighted by Gasteiger charge is -2.33. The number of amides is 4. The summed E-state index contributed by atoms with van der Waals surface area (Å²) in [7, 11) is 0. The van der Waals surface area contributed by atoms with Crippen molar-refractivity contribution in [3.8, 4) is 0 Å². The van der Waals surface area contributed by atoms with Crippen molar-refractivity contribution >= 4 is 29.5 Å². The number of piperidine rings is 1. The van der Waals surface area contributed by atoms with E-state index in [2.05, 4.69) is 5.32 Å². The highest BCUT2D eigenvalue weighted by molar-refractivity contribution is 6.22. The monoisotopic (exact) mass is 432 g/mol. The van der Waals surface area contributed by atoms with Gasteiger partial charge in [0.05, 0.1) is 22.7 Å². The fourth-order valence-electron chi connectivity index (χ4n) is 3.50. The predicted octanol–water partition coefficient (Wildman–Crippen LogP) is 1.56. The Hall–Kier alpha value is -3.50. The second-order valence-electron chi connectivity index (χ2n) is 7.98. The van der Waals surface area contributed by atoms with Crippen molar-refractivity contribution in [1.82, 2.24) is 15.1 Å². The molecule has 11 heteroatoms. The standard InChI is InChI=1S/C20H24N4O7/c1-12(2)11-31-20(28)21-13-5-7-22(8-6-13)17(25)10-23-18(26)15-4-3-14(24(29)30)9-16(15)19(23)27/h3-4,9,12-13H,5-8,10-11H2,1-2H3,(H,21,28). The van der Waals surface area contributed by atoms with E-state index in [0.29, 0.717) is 32.5 Å². The van der Waals surface area contributed by atoms with Crippen molar-refractivity contribution in [2.45, 2.75) is 32.7 Å². The van der Waals surface area contributed by atoms with Gasteiger partial charge in [-0.15, -0.1) is 0 Å². The summed E-state index contributed by atoms with van der Waals surface area (Å²) < 4.78 is 5.09. The fraction of sp³-hybridized carbons (Fsp3) is 0.500. The minimum absolute atomic E-state index is 0.0474. The van der Waals surface area contributed by atoms with E-state index in [1.165, 1.54) is 11.0 Å². The number of nitrogens with zero attached hydrogens (tertiary/aromatic N) is 3. The van der Waals surface area contributed by atoms with E-state index < -0.39 is 35.3 Å². The van der Waals surface area contributed by atoms with E-state index in [1.807, 2.05) is 13.8 Å². The van der Waals surface area contributed by atoms with Crippen molar-refractivity contribution in [2.75, 3.05) is 26.2 Å². The number of nitrogens with one attached hydrogen (secondary N) is 1. The molecule has 2 heterocycles. The Labute approximate surface area is 178 Å². The van der Waals surface area contributed by atoms with Gasteiger partial charge in [-0.1, -0.05) is 13.8 Å². The van der Waals surface area contributed by atoms with Crippen molar-refractivity contribution in [2.24, 2.45) is 5.92 Å². The van der Waals surface area contributed by atoms with Crippen LogP contribution < -0.4 is 5.32 Å². The number of nitro benzene ring substituents is 1. The third-order valence-corrected chi connectivity index (χ3v) is 5.18. The van der Waals surface area contributed by atoms with Crippen LogP contribution in [0.5, 0.6) is 0 Å². The first-order chi connectivity index (χ1) is 14.7. The molecule has 1 N–H and O–H groups in total. The van der Waals surface area contributed by atoms with Crippen molar-refractivity contribution in [1.29, 1.82) is 0 Å². The second kappa shape index (κ2) is 9.11. The molecule has 0 aliphatic carbocycles. The first kappa shape index (κ1) is 22.2. The molecule has 1 aromatic carbocycles. The average Bonchev–Trinajstić information content (AvgIpc) is 2.97.